The lowest BCUT2D eigenvalue weighted by atomic mass is 9.71. The highest BCUT2D eigenvalue weighted by Crippen LogP contribution is 2.33. The first-order chi connectivity index (χ1) is 9.11. The molecule has 0 aromatic heterocycles. The van der Waals surface area contributed by atoms with E-state index >= 15 is 0 Å². The Balaban J connectivity index is 0.000000297. The van der Waals surface area contributed by atoms with E-state index < -0.39 is 5.97 Å². The first kappa shape index (κ1) is 13.9. The molecule has 3 N–H and O–H groups in total. The van der Waals surface area contributed by atoms with Crippen LogP contribution in [0.3, 0.4) is 0 Å². The minimum atomic E-state index is -0.833. The molecule has 6 nitrogen and oxygen atoms in total. The lowest BCUT2D eigenvalue weighted by molar-refractivity contribution is -0.134. The molecule has 0 saturated carbocycles. The number of ether oxygens (including phenoxy) is 1. The van der Waals surface area contributed by atoms with Crippen molar-refractivity contribution >= 4 is 13.1 Å². The number of hydrogen-bond acceptors (Lipinski definition) is 5. The molecule has 0 aliphatic carbocycles. The van der Waals surface area contributed by atoms with Gasteiger partial charge in [0.25, 0.3) is 5.97 Å². The summed E-state index contributed by atoms with van der Waals surface area (Å²) in [5.74, 6) is -0.833. The number of carboxylic acid groups (broad SMARTS) is 1. The molecule has 0 radical (unpaired) electrons. The van der Waals surface area contributed by atoms with Gasteiger partial charge in [-0.05, 0) is 28.8 Å². The minimum Gasteiger partial charge on any atom is -0.497 e. The number of hydrogen-bond donors (Lipinski definition) is 2. The van der Waals surface area contributed by atoms with Crippen LogP contribution in [0.15, 0.2) is 35.0 Å². The molecule has 0 amide bonds. The van der Waals surface area contributed by atoms with Crippen LogP contribution in [0.2, 0.25) is 0 Å². The van der Waals surface area contributed by atoms with Gasteiger partial charge in [-0.2, -0.15) is 0 Å². The Hall–Kier alpha value is -1.57. The van der Waals surface area contributed by atoms with E-state index in [1.54, 1.807) is 6.26 Å². The smallest absolute Gasteiger partial charge is 0.495 e. The molecule has 3 rings (SSSR count). The van der Waals surface area contributed by atoms with Gasteiger partial charge in [-0.3, -0.25) is 4.79 Å². The predicted molar refractivity (Wildman–Crippen MR) is 69.1 cm³/mol. The van der Waals surface area contributed by atoms with E-state index in [-0.39, 0.29) is 13.2 Å². The van der Waals surface area contributed by atoms with E-state index in [9.17, 15) is 0 Å². The highest BCUT2D eigenvalue weighted by molar-refractivity contribution is 6.57. The summed E-state index contributed by atoms with van der Waals surface area (Å²) < 4.78 is 16.6. The summed E-state index contributed by atoms with van der Waals surface area (Å²) in [6.45, 7) is 2.74. The van der Waals surface area contributed by atoms with Crippen LogP contribution in [-0.4, -0.2) is 44.1 Å². The van der Waals surface area contributed by atoms with Gasteiger partial charge >= 0.3 is 7.12 Å². The van der Waals surface area contributed by atoms with Gasteiger partial charge in [0.1, 0.15) is 6.61 Å². The molecule has 0 bridgehead atoms. The second kappa shape index (κ2) is 6.05. The molecule has 0 fully saturated rings. The first-order valence-corrected chi connectivity index (χ1v) is 6.00. The van der Waals surface area contributed by atoms with E-state index in [4.69, 9.17) is 29.7 Å². The van der Waals surface area contributed by atoms with Crippen molar-refractivity contribution in [3.63, 3.8) is 0 Å². The average molecular weight is 265 g/mol. The van der Waals surface area contributed by atoms with Crippen molar-refractivity contribution in [3.8, 4) is 0 Å². The normalized spacial score (nSPS) is 23.8. The molecule has 0 aromatic carbocycles. The summed E-state index contributed by atoms with van der Waals surface area (Å²) in [5, 5.41) is 7.42. The van der Waals surface area contributed by atoms with Gasteiger partial charge in [0.05, 0.1) is 19.0 Å². The summed E-state index contributed by atoms with van der Waals surface area (Å²) in [6.07, 6.45) is 5.65. The molecular weight excluding hydrogens is 249 g/mol. The van der Waals surface area contributed by atoms with E-state index in [0.29, 0.717) is 19.8 Å². The van der Waals surface area contributed by atoms with Crippen molar-refractivity contribution in [3.05, 3.63) is 35.0 Å². The van der Waals surface area contributed by atoms with Crippen molar-refractivity contribution in [1.29, 1.82) is 0 Å². The molecule has 102 valence electrons. The number of carboxylic acids is 1. The van der Waals surface area contributed by atoms with Crippen molar-refractivity contribution in [2.45, 2.75) is 13.0 Å². The maximum absolute atomic E-state index is 9.00. The van der Waals surface area contributed by atoms with Gasteiger partial charge in [0.15, 0.2) is 0 Å². The maximum atomic E-state index is 9.00. The van der Waals surface area contributed by atoms with Gasteiger partial charge in [-0.25, -0.2) is 0 Å². The molecule has 0 spiro atoms. The first-order valence-electron chi connectivity index (χ1n) is 6.00. The van der Waals surface area contributed by atoms with Crippen LogP contribution in [0, 0.1) is 0 Å². The van der Waals surface area contributed by atoms with E-state index in [1.807, 2.05) is 12.2 Å². The number of carbonyl (C=O) groups is 1. The van der Waals surface area contributed by atoms with Gasteiger partial charge in [-0.15, -0.1) is 0 Å². The molecule has 3 heterocycles. The van der Waals surface area contributed by atoms with Crippen LogP contribution < -0.4 is 5.73 Å². The Bertz CT molecular complexity index is 453. The Morgan fingerprint density at radius 2 is 2.32 bits per heavy atom. The van der Waals surface area contributed by atoms with Crippen LogP contribution in [0.25, 0.3) is 0 Å². The van der Waals surface area contributed by atoms with Crippen molar-refractivity contribution in [1.82, 2.24) is 0 Å². The zero-order chi connectivity index (χ0) is 13.8. The lowest BCUT2D eigenvalue weighted by Crippen LogP contribution is -2.36. The molecule has 3 aliphatic heterocycles. The number of allylic oxidation sites excluding steroid dienone is 3. The van der Waals surface area contributed by atoms with Crippen LogP contribution in [-0.2, 0) is 18.8 Å². The number of nitrogens with two attached hydrogens (primary N) is 1. The highest BCUT2D eigenvalue weighted by atomic mass is 16.6. The molecule has 1 atom stereocenters. The Morgan fingerprint density at radius 1 is 1.58 bits per heavy atom. The fourth-order valence-electron chi connectivity index (χ4n) is 2.10. The van der Waals surface area contributed by atoms with Crippen LogP contribution in [0.5, 0.6) is 0 Å². The third kappa shape index (κ3) is 3.26. The SMILES string of the molecule is CC(=O)O.NCC1C=C2C=COCC3=C2B(OC3)O1. The maximum Gasteiger partial charge on any atom is 0.495 e. The molecular formula is C12H16BNO5. The molecule has 0 aromatic rings. The molecule has 1 unspecified atom stereocenters. The zero-order valence-electron chi connectivity index (χ0n) is 10.7. The second-order valence-electron chi connectivity index (χ2n) is 4.33. The Kier molecular flexibility index (Phi) is 4.41. The standard InChI is InChI=1S/C10H12BNO3.C2H4O2/c12-4-9-3-7-1-2-13-5-8-6-14-11(15-9)10(7)8;1-2(3)4/h1-3,9H,4-6,12H2;1H3,(H,3,4). The van der Waals surface area contributed by atoms with Crippen LogP contribution in [0.1, 0.15) is 6.92 Å². The van der Waals surface area contributed by atoms with Gasteiger partial charge in [-0.1, -0.05) is 0 Å². The van der Waals surface area contributed by atoms with Crippen molar-refractivity contribution < 1.29 is 23.9 Å². The molecule has 7 heteroatoms. The monoisotopic (exact) mass is 265 g/mol. The molecule has 0 saturated heterocycles. The fraction of sp³-hybridized carbons (Fsp3) is 0.417. The third-order valence-corrected chi connectivity index (χ3v) is 2.83. The molecule has 19 heavy (non-hydrogen) atoms. The minimum absolute atomic E-state index is 0.0594. The van der Waals surface area contributed by atoms with Gasteiger partial charge in [0, 0.05) is 13.5 Å². The fourth-order valence-corrected chi connectivity index (χ4v) is 2.10. The second-order valence-corrected chi connectivity index (χ2v) is 4.33. The van der Waals surface area contributed by atoms with Crippen molar-refractivity contribution in [2.24, 2.45) is 5.73 Å². The summed E-state index contributed by atoms with van der Waals surface area (Å²) in [4.78, 5) is 9.00. The topological polar surface area (TPSA) is 91.0 Å². The van der Waals surface area contributed by atoms with Gasteiger partial charge in [0.2, 0.25) is 0 Å². The largest absolute Gasteiger partial charge is 0.497 e. The molecule has 3 aliphatic rings. The van der Waals surface area contributed by atoms with E-state index in [1.165, 1.54) is 5.57 Å². The summed E-state index contributed by atoms with van der Waals surface area (Å²) in [7, 11) is -0.250. The Labute approximate surface area is 111 Å². The van der Waals surface area contributed by atoms with Crippen molar-refractivity contribution in [2.75, 3.05) is 19.8 Å². The highest BCUT2D eigenvalue weighted by Gasteiger charge is 2.40. The Morgan fingerprint density at radius 3 is 3.00 bits per heavy atom. The van der Waals surface area contributed by atoms with E-state index in [2.05, 4.69) is 0 Å². The number of aliphatic carboxylic acids is 1. The number of rotatable bonds is 1. The third-order valence-electron chi connectivity index (χ3n) is 2.83. The summed E-state index contributed by atoms with van der Waals surface area (Å²) >= 11 is 0. The predicted octanol–water partition coefficient (Wildman–Crippen LogP) is 0.259. The zero-order valence-corrected chi connectivity index (χ0v) is 10.7. The average Bonchev–Trinajstić information content (AvgIpc) is 2.64. The quantitative estimate of drug-likeness (QED) is 0.661. The van der Waals surface area contributed by atoms with Gasteiger partial charge < -0.3 is 24.9 Å². The summed E-state index contributed by atoms with van der Waals surface area (Å²) in [6, 6.07) is 0. The summed E-state index contributed by atoms with van der Waals surface area (Å²) in [5.41, 5.74) is 9.04. The van der Waals surface area contributed by atoms with E-state index in [0.717, 1.165) is 18.0 Å². The lowest BCUT2D eigenvalue weighted by Gasteiger charge is -2.23. The van der Waals surface area contributed by atoms with Crippen LogP contribution >= 0.6 is 0 Å². The van der Waals surface area contributed by atoms with Crippen LogP contribution in [0.4, 0.5) is 0 Å².